The van der Waals surface area contributed by atoms with E-state index < -0.39 is 0 Å². The second kappa shape index (κ2) is 14.6. The Kier molecular flexibility index (Phi) is 19.4. The van der Waals surface area contributed by atoms with Crippen LogP contribution in [0.25, 0.3) is 0 Å². The first-order valence-electron chi connectivity index (χ1n) is 5.40. The van der Waals surface area contributed by atoms with E-state index >= 15 is 0 Å². The van der Waals surface area contributed by atoms with Crippen molar-refractivity contribution in [2.24, 2.45) is 0 Å². The van der Waals surface area contributed by atoms with E-state index in [0.717, 1.165) is 26.2 Å². The van der Waals surface area contributed by atoms with Gasteiger partial charge in [-0.15, -0.1) is 0 Å². The van der Waals surface area contributed by atoms with Crippen molar-refractivity contribution >= 4 is 40.6 Å². The van der Waals surface area contributed by atoms with E-state index in [1.165, 1.54) is 0 Å². The van der Waals surface area contributed by atoms with Crippen molar-refractivity contribution in [2.45, 2.75) is 27.7 Å². The fourth-order valence-corrected chi connectivity index (χ4v) is 2.07. The van der Waals surface area contributed by atoms with E-state index in [2.05, 4.69) is 31.2 Å². The van der Waals surface area contributed by atoms with Crippen LogP contribution in [0.15, 0.2) is 0 Å². The Labute approximate surface area is 131 Å². The van der Waals surface area contributed by atoms with Gasteiger partial charge in [0.2, 0.25) is 0 Å². The van der Waals surface area contributed by atoms with Crippen molar-refractivity contribution in [3.05, 3.63) is 0 Å². The molecule has 0 unspecified atom stereocenters. The van der Waals surface area contributed by atoms with Crippen LogP contribution in [0.4, 0.5) is 0 Å². The molecule has 0 aliphatic heterocycles. The molecule has 0 aromatic rings. The van der Waals surface area contributed by atoms with Gasteiger partial charge in [-0.2, -0.15) is 0 Å². The monoisotopic (exact) mass is 425 g/mol. The van der Waals surface area contributed by atoms with Gasteiger partial charge in [-0.3, -0.25) is 0 Å². The van der Waals surface area contributed by atoms with Crippen molar-refractivity contribution in [3.8, 4) is 0 Å². The van der Waals surface area contributed by atoms with Crippen LogP contribution in [-0.2, 0) is 17.1 Å². The van der Waals surface area contributed by atoms with E-state index in [4.69, 9.17) is 10.2 Å². The van der Waals surface area contributed by atoms with E-state index in [-0.39, 0.29) is 26.5 Å². The van der Waals surface area contributed by atoms with Crippen LogP contribution in [0.3, 0.4) is 0 Å². The van der Waals surface area contributed by atoms with Gasteiger partial charge in [-0.05, 0) is 0 Å². The van der Waals surface area contributed by atoms with Gasteiger partial charge in [0.1, 0.15) is 0 Å². The minimum absolute atomic E-state index is 0. The molecule has 0 heterocycles. The normalized spacial score (nSPS) is 8.24. The van der Waals surface area contributed by atoms with Crippen molar-refractivity contribution in [1.29, 1.82) is 0 Å². The number of aliphatic hydroxyl groups is 2. The molecule has 0 aliphatic rings. The third-order valence-electron chi connectivity index (χ3n) is 2.07. The van der Waals surface area contributed by atoms with Gasteiger partial charge in [-0.1, -0.05) is 0 Å². The molecule has 0 spiro atoms. The predicted molar refractivity (Wildman–Crippen MR) is 71.2 cm³/mol. The van der Waals surface area contributed by atoms with Crippen LogP contribution in [0.1, 0.15) is 27.7 Å². The Morgan fingerprint density at radius 1 is 0.765 bits per heavy atom. The van der Waals surface area contributed by atoms with E-state index in [0.29, 0.717) is 0 Å². The molecule has 0 aromatic carbocycles. The quantitative estimate of drug-likeness (QED) is 0.586. The third-order valence-corrected chi connectivity index (χ3v) is 3.15. The Balaban J connectivity index is -0.000000218. The SMILES string of the molecule is CCN(CC)C(O)=[Se].CCN(CC)C(O)=[Se].[Cu]. The number of aliphatic hydroxyl groups excluding tert-OH is 2. The Hall–Kier alpha value is 0.498. The molecule has 0 amide bonds. The second-order valence-corrected chi connectivity index (χ2v) is 4.44. The summed E-state index contributed by atoms with van der Waals surface area (Å²) in [5.74, 6) is 0. The molecule has 2 N–H and O–H groups in total. The molecule has 17 heavy (non-hydrogen) atoms. The molecular formula is C10H22CuN2O2Se2. The van der Waals surface area contributed by atoms with E-state index in [1.54, 1.807) is 0 Å². The van der Waals surface area contributed by atoms with Gasteiger partial charge < -0.3 is 0 Å². The maximum absolute atomic E-state index is 8.80. The van der Waals surface area contributed by atoms with Crippen molar-refractivity contribution in [3.63, 3.8) is 0 Å². The predicted octanol–water partition coefficient (Wildman–Crippen LogP) is -0.0893. The summed E-state index contributed by atoms with van der Waals surface area (Å²) in [6, 6.07) is 0. The zero-order valence-electron chi connectivity index (χ0n) is 10.7. The molecule has 7 heteroatoms. The number of rotatable bonds is 6. The molecule has 0 saturated heterocycles. The topological polar surface area (TPSA) is 46.9 Å². The van der Waals surface area contributed by atoms with Crippen LogP contribution in [0.5, 0.6) is 0 Å². The number of hydrogen-bond donors (Lipinski definition) is 2. The molecule has 107 valence electrons. The molecule has 0 bridgehead atoms. The van der Waals surface area contributed by atoms with Gasteiger partial charge in [0.15, 0.2) is 0 Å². The Bertz CT molecular complexity index is 188. The molecule has 0 atom stereocenters. The smallest absolute Gasteiger partial charge is 0 e. The number of nitrogens with zero attached hydrogens (tertiary/aromatic N) is 2. The van der Waals surface area contributed by atoms with Gasteiger partial charge in [0, 0.05) is 17.1 Å². The van der Waals surface area contributed by atoms with Crippen LogP contribution in [0.2, 0.25) is 0 Å². The number of hydrogen-bond acceptors (Lipinski definition) is 4. The van der Waals surface area contributed by atoms with Crippen LogP contribution >= 0.6 is 0 Å². The average Bonchev–Trinajstić information content (AvgIpc) is 2.21. The summed E-state index contributed by atoms with van der Waals surface area (Å²) in [5, 5.41) is 17.6. The minimum Gasteiger partial charge on any atom is 0 e. The van der Waals surface area contributed by atoms with E-state index in [9.17, 15) is 0 Å². The zero-order chi connectivity index (χ0) is 13.1. The van der Waals surface area contributed by atoms with Crippen LogP contribution in [0, 0.1) is 0 Å². The second-order valence-electron chi connectivity index (χ2n) is 2.91. The van der Waals surface area contributed by atoms with Crippen molar-refractivity contribution < 1.29 is 27.3 Å². The zero-order valence-corrected chi connectivity index (χ0v) is 15.1. The third kappa shape index (κ3) is 12.7. The molecule has 0 rings (SSSR count). The van der Waals surface area contributed by atoms with Gasteiger partial charge in [0.05, 0.1) is 0 Å². The summed E-state index contributed by atoms with van der Waals surface area (Å²) in [5.41, 5.74) is 0. The maximum Gasteiger partial charge on any atom is 0 e. The van der Waals surface area contributed by atoms with Crippen LogP contribution in [-0.4, -0.2) is 86.8 Å². The van der Waals surface area contributed by atoms with Gasteiger partial charge >= 0.3 is 114 Å². The van der Waals surface area contributed by atoms with Crippen LogP contribution < -0.4 is 0 Å². The van der Waals surface area contributed by atoms with Gasteiger partial charge in [0.25, 0.3) is 0 Å². The molecule has 1 radical (unpaired) electrons. The fourth-order valence-electron chi connectivity index (χ4n) is 0.988. The van der Waals surface area contributed by atoms with Crippen molar-refractivity contribution in [2.75, 3.05) is 26.2 Å². The first-order chi connectivity index (χ1) is 7.44. The Morgan fingerprint density at radius 3 is 0.941 bits per heavy atom. The minimum atomic E-state index is 0. The standard InChI is InChI=1S/2C5H11NOSe.Cu/c2*1-3-6(4-2)5(7)8;/h2*3-4H2,1-2H3,(H,7,8);. The molecule has 0 aromatic heterocycles. The molecule has 0 fully saturated rings. The first kappa shape index (κ1) is 22.7. The molecule has 4 nitrogen and oxygen atoms in total. The molecule has 0 saturated carbocycles. The summed E-state index contributed by atoms with van der Waals surface area (Å²) >= 11 is 5.08. The first-order valence-corrected chi connectivity index (χ1v) is 7.11. The summed E-state index contributed by atoms with van der Waals surface area (Å²) in [6.45, 7) is 11.4. The maximum atomic E-state index is 8.80. The Morgan fingerprint density at radius 2 is 0.941 bits per heavy atom. The molecular weight excluding hydrogens is 402 g/mol. The summed E-state index contributed by atoms with van der Waals surface area (Å²) in [7, 11) is 0. The largest absolute Gasteiger partial charge is 0 e. The van der Waals surface area contributed by atoms with Gasteiger partial charge in [-0.25, -0.2) is 0 Å². The fraction of sp³-hybridized carbons (Fsp3) is 0.800. The van der Waals surface area contributed by atoms with E-state index in [1.807, 2.05) is 37.5 Å². The summed E-state index contributed by atoms with van der Waals surface area (Å²) < 4.78 is 0.574. The summed E-state index contributed by atoms with van der Waals surface area (Å²) in [4.78, 5) is 3.67. The van der Waals surface area contributed by atoms with Crippen molar-refractivity contribution in [1.82, 2.24) is 9.80 Å². The summed E-state index contributed by atoms with van der Waals surface area (Å²) in [6.07, 6.45) is 0. The average molecular weight is 424 g/mol. The molecule has 0 aliphatic carbocycles.